The van der Waals surface area contributed by atoms with E-state index in [2.05, 4.69) is 59.9 Å². The van der Waals surface area contributed by atoms with Crippen LogP contribution in [0.15, 0.2) is 70.5 Å². The Kier molecular flexibility index (Phi) is 4.37. The van der Waals surface area contributed by atoms with Crippen molar-refractivity contribution in [2.24, 2.45) is 5.92 Å². The van der Waals surface area contributed by atoms with Crippen LogP contribution in [0.5, 0.6) is 0 Å². The molecule has 5 heteroatoms. The summed E-state index contributed by atoms with van der Waals surface area (Å²) in [5, 5.41) is 5.42. The van der Waals surface area contributed by atoms with E-state index in [0.29, 0.717) is 6.61 Å². The molecule has 1 saturated carbocycles. The number of carbonyl (C=O) groups excluding carboxylic acids is 1. The van der Waals surface area contributed by atoms with Crippen LogP contribution >= 0.6 is 11.8 Å². The van der Waals surface area contributed by atoms with Crippen molar-refractivity contribution in [2.75, 3.05) is 11.9 Å². The number of fused-ring (bicyclic) bond motifs is 3. The quantitative estimate of drug-likeness (QED) is 0.591. The minimum Gasteiger partial charge on any atom is -0.338 e. The predicted molar refractivity (Wildman–Crippen MR) is 118 cm³/mol. The summed E-state index contributed by atoms with van der Waals surface area (Å²) in [7, 11) is 0. The van der Waals surface area contributed by atoms with Gasteiger partial charge in [0.25, 0.3) is 11.7 Å². The molecule has 4 nitrogen and oxygen atoms in total. The predicted octanol–water partition coefficient (Wildman–Crippen LogP) is 5.70. The van der Waals surface area contributed by atoms with Gasteiger partial charge in [0.2, 0.25) is 0 Å². The lowest BCUT2D eigenvalue weighted by atomic mass is 10.0. The summed E-state index contributed by atoms with van der Waals surface area (Å²) in [5.41, 5.74) is 1.59. The van der Waals surface area contributed by atoms with Crippen LogP contribution in [0.4, 0.5) is 5.69 Å². The molecular weight excluding hydrogens is 394 g/mol. The standard InChI is InChI=1S/C25H23NO3S/c27-24-25(28-13-12-18(29-25)14-16-8-9-16)21-15-19(10-11-22(21)26-24)30-23-7-3-5-17-4-1-2-6-20(17)23/h1-7,10-11,15-16,18H,8-9,12-14H2,(H,26,27)/t18?,25-/m1/s1. The Balaban J connectivity index is 1.34. The number of amides is 1. The van der Waals surface area contributed by atoms with E-state index >= 15 is 0 Å². The smallest absolute Gasteiger partial charge is 0.289 e. The maximum Gasteiger partial charge on any atom is 0.289 e. The van der Waals surface area contributed by atoms with Gasteiger partial charge in [-0.05, 0) is 53.8 Å². The summed E-state index contributed by atoms with van der Waals surface area (Å²) in [6.07, 6.45) is 4.52. The molecule has 1 saturated heterocycles. The van der Waals surface area contributed by atoms with E-state index in [4.69, 9.17) is 9.47 Å². The van der Waals surface area contributed by atoms with Crippen LogP contribution in [0.25, 0.3) is 10.8 Å². The number of hydrogen-bond donors (Lipinski definition) is 1. The molecule has 3 aromatic rings. The largest absolute Gasteiger partial charge is 0.338 e. The van der Waals surface area contributed by atoms with Crippen LogP contribution in [0, 0.1) is 5.92 Å². The van der Waals surface area contributed by atoms with E-state index in [1.807, 2.05) is 6.07 Å². The maximum absolute atomic E-state index is 12.9. The first kappa shape index (κ1) is 18.4. The fraction of sp³-hybridized carbons (Fsp3) is 0.320. The molecular formula is C25H23NO3S. The second kappa shape index (κ2) is 7.12. The van der Waals surface area contributed by atoms with E-state index in [-0.39, 0.29) is 12.0 Å². The fourth-order valence-electron chi connectivity index (χ4n) is 4.52. The molecule has 2 heterocycles. The molecule has 0 radical (unpaired) electrons. The van der Waals surface area contributed by atoms with Crippen LogP contribution in [-0.4, -0.2) is 18.6 Å². The SMILES string of the molecule is O=C1Nc2ccc(Sc3cccc4ccccc34)cc2[C@]12OCCC(CC1CC1)O2. The van der Waals surface area contributed by atoms with Gasteiger partial charge >= 0.3 is 0 Å². The lowest BCUT2D eigenvalue weighted by Gasteiger charge is -2.37. The third kappa shape index (κ3) is 3.13. The lowest BCUT2D eigenvalue weighted by Crippen LogP contribution is -2.47. The van der Waals surface area contributed by atoms with Gasteiger partial charge in [-0.3, -0.25) is 4.79 Å². The molecule has 1 N–H and O–H groups in total. The summed E-state index contributed by atoms with van der Waals surface area (Å²) in [4.78, 5) is 15.2. The Morgan fingerprint density at radius 3 is 2.80 bits per heavy atom. The number of anilines is 1. The zero-order chi connectivity index (χ0) is 20.1. The molecule has 2 aliphatic heterocycles. The summed E-state index contributed by atoms with van der Waals surface area (Å²) < 4.78 is 12.4. The molecule has 6 rings (SSSR count). The Morgan fingerprint density at radius 1 is 1.03 bits per heavy atom. The average molecular weight is 418 g/mol. The highest BCUT2D eigenvalue weighted by molar-refractivity contribution is 7.99. The zero-order valence-corrected chi connectivity index (χ0v) is 17.4. The molecule has 3 aliphatic rings. The first-order chi connectivity index (χ1) is 14.7. The average Bonchev–Trinajstić information content (AvgIpc) is 3.55. The highest BCUT2D eigenvalue weighted by Crippen LogP contribution is 2.47. The van der Waals surface area contributed by atoms with E-state index < -0.39 is 5.79 Å². The first-order valence-corrected chi connectivity index (χ1v) is 11.5. The van der Waals surface area contributed by atoms with Gasteiger partial charge < -0.3 is 14.8 Å². The van der Waals surface area contributed by atoms with E-state index in [1.54, 1.807) is 11.8 Å². The Morgan fingerprint density at radius 2 is 1.90 bits per heavy atom. The first-order valence-electron chi connectivity index (χ1n) is 10.6. The summed E-state index contributed by atoms with van der Waals surface area (Å²) in [5.74, 6) is -0.754. The van der Waals surface area contributed by atoms with Gasteiger partial charge in [0.15, 0.2) is 0 Å². The van der Waals surface area contributed by atoms with Crippen molar-refractivity contribution in [3.05, 3.63) is 66.2 Å². The highest BCUT2D eigenvalue weighted by atomic mass is 32.2. The molecule has 3 aromatic carbocycles. The van der Waals surface area contributed by atoms with E-state index in [9.17, 15) is 4.79 Å². The molecule has 1 amide bonds. The number of benzene rings is 3. The molecule has 1 aliphatic carbocycles. The van der Waals surface area contributed by atoms with Gasteiger partial charge in [-0.25, -0.2) is 0 Å². The van der Waals surface area contributed by atoms with Crippen molar-refractivity contribution in [2.45, 2.75) is 47.4 Å². The molecule has 30 heavy (non-hydrogen) atoms. The van der Waals surface area contributed by atoms with Gasteiger partial charge in [-0.1, -0.05) is 61.0 Å². The minimum absolute atomic E-state index is 0.0809. The van der Waals surface area contributed by atoms with Crippen LogP contribution in [-0.2, 0) is 20.1 Å². The minimum atomic E-state index is -1.30. The van der Waals surface area contributed by atoms with E-state index in [0.717, 1.165) is 34.9 Å². The summed E-state index contributed by atoms with van der Waals surface area (Å²) in [6, 6.07) is 20.8. The molecule has 1 spiro atoms. The van der Waals surface area contributed by atoms with Crippen molar-refractivity contribution in [3.8, 4) is 0 Å². The topological polar surface area (TPSA) is 47.6 Å². The van der Waals surface area contributed by atoms with Crippen molar-refractivity contribution in [1.29, 1.82) is 0 Å². The fourth-order valence-corrected chi connectivity index (χ4v) is 5.53. The number of ether oxygens (including phenoxy) is 2. The van der Waals surface area contributed by atoms with Crippen molar-refractivity contribution in [1.82, 2.24) is 0 Å². The number of hydrogen-bond acceptors (Lipinski definition) is 4. The molecule has 2 fully saturated rings. The third-order valence-electron chi connectivity index (χ3n) is 6.24. The Bertz CT molecular complexity index is 1140. The normalized spacial score (nSPS) is 25.5. The highest BCUT2D eigenvalue weighted by Gasteiger charge is 2.53. The van der Waals surface area contributed by atoms with Crippen LogP contribution < -0.4 is 5.32 Å². The number of nitrogens with one attached hydrogen (secondary N) is 1. The molecule has 0 aromatic heterocycles. The number of carbonyl (C=O) groups is 1. The van der Waals surface area contributed by atoms with Gasteiger partial charge in [0, 0.05) is 15.4 Å². The monoisotopic (exact) mass is 417 g/mol. The Labute approximate surface area is 179 Å². The van der Waals surface area contributed by atoms with Crippen molar-refractivity contribution in [3.63, 3.8) is 0 Å². The maximum atomic E-state index is 12.9. The Hall–Kier alpha value is -2.34. The molecule has 152 valence electrons. The van der Waals surface area contributed by atoms with Crippen LogP contribution in [0.3, 0.4) is 0 Å². The zero-order valence-electron chi connectivity index (χ0n) is 16.6. The second-order valence-electron chi connectivity index (χ2n) is 8.41. The van der Waals surface area contributed by atoms with Crippen LogP contribution in [0.1, 0.15) is 31.2 Å². The van der Waals surface area contributed by atoms with Gasteiger partial charge in [0.1, 0.15) is 0 Å². The van der Waals surface area contributed by atoms with Crippen molar-refractivity contribution >= 4 is 34.1 Å². The van der Waals surface area contributed by atoms with Gasteiger partial charge in [-0.15, -0.1) is 0 Å². The summed E-state index contributed by atoms with van der Waals surface area (Å²) >= 11 is 1.70. The van der Waals surface area contributed by atoms with Crippen molar-refractivity contribution < 1.29 is 14.3 Å². The third-order valence-corrected chi connectivity index (χ3v) is 7.31. The van der Waals surface area contributed by atoms with Gasteiger partial charge in [0.05, 0.1) is 18.4 Å². The lowest BCUT2D eigenvalue weighted by molar-refractivity contribution is -0.281. The molecule has 0 bridgehead atoms. The van der Waals surface area contributed by atoms with Crippen LogP contribution in [0.2, 0.25) is 0 Å². The molecule has 2 atom stereocenters. The summed E-state index contributed by atoms with van der Waals surface area (Å²) in [6.45, 7) is 0.547. The molecule has 1 unspecified atom stereocenters. The second-order valence-corrected chi connectivity index (χ2v) is 9.53. The van der Waals surface area contributed by atoms with Gasteiger partial charge in [-0.2, -0.15) is 0 Å². The number of rotatable bonds is 4. The van der Waals surface area contributed by atoms with E-state index in [1.165, 1.54) is 28.5 Å².